The van der Waals surface area contributed by atoms with Gasteiger partial charge in [-0.2, -0.15) is 4.98 Å². The predicted molar refractivity (Wildman–Crippen MR) is 73.7 cm³/mol. The third-order valence-electron chi connectivity index (χ3n) is 5.64. The lowest BCUT2D eigenvalue weighted by atomic mass is 9.52. The summed E-state index contributed by atoms with van der Waals surface area (Å²) in [5, 5.41) is 9.26. The molecule has 6 nitrogen and oxygen atoms in total. The number of hydrogen-bond acceptors (Lipinski definition) is 4. The van der Waals surface area contributed by atoms with Gasteiger partial charge in [-0.1, -0.05) is 0 Å². The number of nitrogens with zero attached hydrogens (tertiary/aromatic N) is 2. The van der Waals surface area contributed by atoms with Gasteiger partial charge in [0.05, 0.1) is 0 Å². The Labute approximate surface area is 117 Å². The van der Waals surface area contributed by atoms with E-state index in [4.69, 9.17) is 5.73 Å². The number of aromatic nitrogens is 3. The minimum absolute atomic E-state index is 0.116. The summed E-state index contributed by atoms with van der Waals surface area (Å²) < 4.78 is 0. The fourth-order valence-electron chi connectivity index (χ4n) is 5.04. The van der Waals surface area contributed by atoms with Crippen molar-refractivity contribution in [2.24, 2.45) is 29.6 Å². The van der Waals surface area contributed by atoms with Gasteiger partial charge in [0.1, 0.15) is 0 Å². The smallest absolute Gasteiger partial charge is 0.288 e. The summed E-state index contributed by atoms with van der Waals surface area (Å²) in [6, 6.07) is 0. The number of carbonyl (C=O) groups excluding carboxylic acids is 1. The van der Waals surface area contributed by atoms with Crippen molar-refractivity contribution in [1.82, 2.24) is 20.5 Å². The molecule has 1 aromatic rings. The molecule has 0 spiro atoms. The van der Waals surface area contributed by atoms with Crippen LogP contribution in [0.2, 0.25) is 0 Å². The highest BCUT2D eigenvalue weighted by atomic mass is 16.2. The second-order valence-electron chi connectivity index (χ2n) is 6.85. The molecule has 0 unspecified atom stereocenters. The van der Waals surface area contributed by atoms with Gasteiger partial charge in [-0.25, -0.2) is 0 Å². The number of amides is 1. The molecule has 20 heavy (non-hydrogen) atoms. The maximum Gasteiger partial charge on any atom is 0.288 e. The van der Waals surface area contributed by atoms with Crippen molar-refractivity contribution >= 4 is 11.9 Å². The van der Waals surface area contributed by atoms with Crippen LogP contribution in [0.4, 0.5) is 5.95 Å². The average Bonchev–Trinajstić information content (AvgIpc) is 2.83. The summed E-state index contributed by atoms with van der Waals surface area (Å²) in [6.45, 7) is 0.772. The Morgan fingerprint density at radius 3 is 2.40 bits per heavy atom. The number of carbonyl (C=O) groups is 1. The molecule has 0 aliphatic heterocycles. The largest absolute Gasteiger partial charge is 0.366 e. The third kappa shape index (κ3) is 1.98. The highest BCUT2D eigenvalue weighted by molar-refractivity contribution is 5.90. The highest BCUT2D eigenvalue weighted by Crippen LogP contribution is 2.56. The van der Waals surface area contributed by atoms with Crippen molar-refractivity contribution in [3.8, 4) is 0 Å². The van der Waals surface area contributed by atoms with Gasteiger partial charge in [0.25, 0.3) is 5.91 Å². The molecule has 4 bridgehead atoms. The Balaban J connectivity index is 1.39. The van der Waals surface area contributed by atoms with E-state index in [1.807, 2.05) is 0 Å². The first-order valence-corrected chi connectivity index (χ1v) is 7.65. The Kier molecular flexibility index (Phi) is 2.72. The van der Waals surface area contributed by atoms with Crippen LogP contribution in [0.1, 0.15) is 42.7 Å². The summed E-state index contributed by atoms with van der Waals surface area (Å²) in [7, 11) is 0. The fraction of sp³-hybridized carbons (Fsp3) is 0.786. The first kappa shape index (κ1) is 12.2. The van der Waals surface area contributed by atoms with E-state index < -0.39 is 0 Å². The van der Waals surface area contributed by atoms with Crippen LogP contribution >= 0.6 is 0 Å². The van der Waals surface area contributed by atoms with Crippen molar-refractivity contribution in [2.75, 3.05) is 12.3 Å². The maximum atomic E-state index is 12.0. The summed E-state index contributed by atoms with van der Waals surface area (Å²) in [5.74, 6) is 4.39. The van der Waals surface area contributed by atoms with Gasteiger partial charge in [0.15, 0.2) is 0 Å². The molecule has 0 atom stereocenters. The number of rotatable bonds is 3. The van der Waals surface area contributed by atoms with Crippen molar-refractivity contribution in [3.63, 3.8) is 0 Å². The van der Waals surface area contributed by atoms with Crippen LogP contribution < -0.4 is 11.1 Å². The van der Waals surface area contributed by atoms with Crippen LogP contribution in [0.5, 0.6) is 0 Å². The third-order valence-corrected chi connectivity index (χ3v) is 5.64. The average molecular weight is 275 g/mol. The Morgan fingerprint density at radius 2 is 1.85 bits per heavy atom. The monoisotopic (exact) mass is 275 g/mol. The molecule has 4 N–H and O–H groups in total. The molecular weight excluding hydrogens is 254 g/mol. The second kappa shape index (κ2) is 4.46. The molecule has 4 aliphatic carbocycles. The van der Waals surface area contributed by atoms with E-state index in [1.54, 1.807) is 0 Å². The molecule has 1 amide bonds. The van der Waals surface area contributed by atoms with Crippen LogP contribution in [0.25, 0.3) is 0 Å². The van der Waals surface area contributed by atoms with Crippen LogP contribution in [-0.2, 0) is 0 Å². The summed E-state index contributed by atoms with van der Waals surface area (Å²) >= 11 is 0. The number of anilines is 1. The molecule has 108 valence electrons. The SMILES string of the molecule is Nc1n[nH]c(C(=O)NCC2C3CC4CC(C3)CC2C4)n1. The van der Waals surface area contributed by atoms with Gasteiger partial charge in [-0.3, -0.25) is 9.89 Å². The molecule has 0 radical (unpaired) electrons. The molecule has 4 aliphatic rings. The van der Waals surface area contributed by atoms with E-state index >= 15 is 0 Å². The summed E-state index contributed by atoms with van der Waals surface area (Å²) in [5.41, 5.74) is 5.42. The zero-order valence-corrected chi connectivity index (χ0v) is 11.5. The molecule has 5 rings (SSSR count). The van der Waals surface area contributed by atoms with Gasteiger partial charge >= 0.3 is 0 Å². The Hall–Kier alpha value is -1.59. The number of H-pyrrole nitrogens is 1. The predicted octanol–water partition coefficient (Wildman–Crippen LogP) is 1.19. The lowest BCUT2D eigenvalue weighted by Crippen LogP contribution is -2.49. The van der Waals surface area contributed by atoms with Crippen molar-refractivity contribution in [3.05, 3.63) is 5.82 Å². The fourth-order valence-corrected chi connectivity index (χ4v) is 5.04. The number of nitrogens with two attached hydrogens (primary N) is 1. The number of aromatic amines is 1. The van der Waals surface area contributed by atoms with Gasteiger partial charge < -0.3 is 11.1 Å². The molecule has 0 saturated heterocycles. The molecule has 6 heteroatoms. The molecular formula is C14H21N5O. The topological polar surface area (TPSA) is 96.7 Å². The van der Waals surface area contributed by atoms with Crippen molar-refractivity contribution in [2.45, 2.75) is 32.1 Å². The van der Waals surface area contributed by atoms with E-state index in [9.17, 15) is 4.79 Å². The Bertz CT molecular complexity index is 497. The minimum Gasteiger partial charge on any atom is -0.366 e. The van der Waals surface area contributed by atoms with Crippen LogP contribution in [0, 0.1) is 29.6 Å². The molecule has 1 heterocycles. The minimum atomic E-state index is -0.192. The molecule has 0 aromatic carbocycles. The number of nitrogen functional groups attached to an aromatic ring is 1. The second-order valence-corrected chi connectivity index (χ2v) is 6.85. The molecule has 4 fully saturated rings. The first-order valence-electron chi connectivity index (χ1n) is 7.65. The summed E-state index contributed by atoms with van der Waals surface area (Å²) in [6.07, 6.45) is 6.97. The lowest BCUT2D eigenvalue weighted by Gasteiger charge is -2.54. The van der Waals surface area contributed by atoms with Gasteiger partial charge in [-0.15, -0.1) is 5.10 Å². The van der Waals surface area contributed by atoms with Crippen LogP contribution in [0.15, 0.2) is 0 Å². The van der Waals surface area contributed by atoms with E-state index in [0.717, 1.165) is 30.2 Å². The zero-order valence-electron chi connectivity index (χ0n) is 11.5. The Morgan fingerprint density at radius 1 is 1.20 bits per heavy atom. The van der Waals surface area contributed by atoms with Gasteiger partial charge in [0.2, 0.25) is 11.8 Å². The van der Waals surface area contributed by atoms with Crippen molar-refractivity contribution in [1.29, 1.82) is 0 Å². The van der Waals surface area contributed by atoms with E-state index in [-0.39, 0.29) is 17.7 Å². The number of nitrogens with one attached hydrogen (secondary N) is 2. The lowest BCUT2D eigenvalue weighted by molar-refractivity contribution is -0.0347. The number of hydrogen-bond donors (Lipinski definition) is 3. The zero-order chi connectivity index (χ0) is 13.7. The maximum absolute atomic E-state index is 12.0. The highest BCUT2D eigenvalue weighted by Gasteiger charge is 2.47. The van der Waals surface area contributed by atoms with E-state index in [2.05, 4.69) is 20.5 Å². The van der Waals surface area contributed by atoms with Crippen LogP contribution in [0.3, 0.4) is 0 Å². The van der Waals surface area contributed by atoms with E-state index in [0.29, 0.717) is 5.92 Å². The first-order chi connectivity index (χ1) is 9.69. The molecule has 1 aromatic heterocycles. The van der Waals surface area contributed by atoms with Gasteiger partial charge in [-0.05, 0) is 61.7 Å². The summed E-state index contributed by atoms with van der Waals surface area (Å²) in [4.78, 5) is 15.9. The van der Waals surface area contributed by atoms with Crippen LogP contribution in [-0.4, -0.2) is 27.6 Å². The molecule has 4 saturated carbocycles. The van der Waals surface area contributed by atoms with E-state index in [1.165, 1.54) is 32.1 Å². The normalized spacial score (nSPS) is 38.1. The quantitative estimate of drug-likeness (QED) is 0.772. The van der Waals surface area contributed by atoms with Gasteiger partial charge in [0, 0.05) is 6.54 Å². The standard InChI is InChI=1S/C14H21N5O/c15-14-17-12(18-19-14)13(20)16-6-11-9-2-7-1-8(4-9)5-10(11)3-7/h7-11H,1-6H2,(H,16,20)(H3,15,17,18,19). The van der Waals surface area contributed by atoms with Crippen molar-refractivity contribution < 1.29 is 4.79 Å².